The smallest absolute Gasteiger partial charge is 0.416 e. The topological polar surface area (TPSA) is 104 Å². The van der Waals surface area contributed by atoms with E-state index in [0.717, 1.165) is 10.1 Å². The number of urea groups is 1. The number of hydrogen-bond donors (Lipinski definition) is 3. The molecule has 0 unspecified atom stereocenters. The van der Waals surface area contributed by atoms with Crippen LogP contribution in [0.5, 0.6) is 0 Å². The summed E-state index contributed by atoms with van der Waals surface area (Å²) in [6.07, 6.45) is -0.726. The lowest BCUT2D eigenvalue weighted by molar-refractivity contribution is -0.120. The third kappa shape index (κ3) is 4.56. The number of anilines is 1. The quantitative estimate of drug-likeness (QED) is 0.567. The van der Waals surface area contributed by atoms with Gasteiger partial charge in [-0.3, -0.25) is 9.36 Å². The first-order valence-electron chi connectivity index (χ1n) is 10.3. The van der Waals surface area contributed by atoms with Gasteiger partial charge >= 0.3 is 12.1 Å². The maximum Gasteiger partial charge on any atom is 0.416 e. The first-order valence-corrected chi connectivity index (χ1v) is 10.3. The molecule has 3 amide bonds. The van der Waals surface area contributed by atoms with E-state index in [1.807, 2.05) is 30.3 Å². The summed E-state index contributed by atoms with van der Waals surface area (Å²) in [5.41, 5.74) is 1.62. The molecule has 2 atom stereocenters. The van der Waals surface area contributed by atoms with Gasteiger partial charge in [-0.25, -0.2) is 14.0 Å². The van der Waals surface area contributed by atoms with Crippen LogP contribution in [0, 0.1) is 0 Å². The maximum absolute atomic E-state index is 14.1. The molecule has 1 aliphatic heterocycles. The van der Waals surface area contributed by atoms with Crippen molar-refractivity contribution in [2.24, 2.45) is 0 Å². The number of para-hydroxylation sites is 1. The van der Waals surface area contributed by atoms with Crippen LogP contribution in [0.15, 0.2) is 60.8 Å². The fourth-order valence-electron chi connectivity index (χ4n) is 4.00. The number of nitrogens with zero attached hydrogens (tertiary/aromatic N) is 2. The highest BCUT2D eigenvalue weighted by atomic mass is 19.1. The second-order valence-electron chi connectivity index (χ2n) is 7.75. The number of amides is 3. The lowest BCUT2D eigenvalue weighted by atomic mass is 10.1. The number of hydrogen-bond acceptors (Lipinski definition) is 3. The molecular formula is C23H23FN4O4. The summed E-state index contributed by atoms with van der Waals surface area (Å²) < 4.78 is 15.2. The van der Waals surface area contributed by atoms with Crippen LogP contribution < -0.4 is 10.6 Å². The predicted octanol–water partition coefficient (Wildman–Crippen LogP) is 3.47. The number of rotatable bonds is 5. The summed E-state index contributed by atoms with van der Waals surface area (Å²) in [5.74, 6) is -0.205. The van der Waals surface area contributed by atoms with Crippen LogP contribution in [-0.4, -0.2) is 57.9 Å². The second-order valence-corrected chi connectivity index (χ2v) is 7.75. The zero-order valence-corrected chi connectivity index (χ0v) is 17.2. The Labute approximate surface area is 183 Å². The minimum absolute atomic E-state index is 0.0946. The molecule has 1 saturated heterocycles. The fourth-order valence-corrected chi connectivity index (χ4v) is 4.00. The molecule has 32 heavy (non-hydrogen) atoms. The number of fused-ring (bicyclic) bond motifs is 1. The van der Waals surface area contributed by atoms with E-state index in [0.29, 0.717) is 16.6 Å². The van der Waals surface area contributed by atoms with Crippen molar-refractivity contribution in [3.8, 4) is 0 Å². The molecule has 0 bridgehead atoms. The van der Waals surface area contributed by atoms with E-state index in [9.17, 15) is 23.9 Å². The van der Waals surface area contributed by atoms with E-state index in [-0.39, 0.29) is 31.8 Å². The molecule has 1 aromatic heterocycles. The maximum atomic E-state index is 14.1. The Balaban J connectivity index is 1.43. The first kappa shape index (κ1) is 21.4. The van der Waals surface area contributed by atoms with Crippen molar-refractivity contribution in [2.45, 2.75) is 25.1 Å². The van der Waals surface area contributed by atoms with Gasteiger partial charge in [-0.15, -0.1) is 0 Å². The van der Waals surface area contributed by atoms with Crippen LogP contribution in [-0.2, 0) is 11.2 Å². The fraction of sp³-hybridized carbons (Fsp3) is 0.261. The van der Waals surface area contributed by atoms with Crippen molar-refractivity contribution in [1.29, 1.82) is 0 Å². The van der Waals surface area contributed by atoms with Crippen LogP contribution in [0.25, 0.3) is 10.9 Å². The van der Waals surface area contributed by atoms with Gasteiger partial charge in [0.2, 0.25) is 5.91 Å². The Morgan fingerprint density at radius 2 is 1.78 bits per heavy atom. The standard InChI is InChI=1S/C23H23FN4O4/c24-16-11-17(12-25-21(29)10-15-6-2-1-3-7-15)27(13-16)22(30)26-19-14-28(23(31)32)20-9-5-4-8-18(19)20/h1-9,14,16-17H,10-13H2,(H,25,29)(H,26,30)(H,31,32)/t16-,17+/m1/s1. The summed E-state index contributed by atoms with van der Waals surface area (Å²) in [6.45, 7) is 0.0407. The number of nitrogens with one attached hydrogen (secondary N) is 2. The predicted molar refractivity (Wildman–Crippen MR) is 118 cm³/mol. The highest BCUT2D eigenvalue weighted by molar-refractivity contribution is 6.04. The van der Waals surface area contributed by atoms with Gasteiger partial charge in [0.25, 0.3) is 0 Å². The molecule has 4 rings (SSSR count). The van der Waals surface area contributed by atoms with Gasteiger partial charge in [0.15, 0.2) is 0 Å². The molecule has 0 radical (unpaired) electrons. The average molecular weight is 438 g/mol. The van der Waals surface area contributed by atoms with Crippen molar-refractivity contribution in [3.63, 3.8) is 0 Å². The van der Waals surface area contributed by atoms with E-state index in [1.54, 1.807) is 24.3 Å². The van der Waals surface area contributed by atoms with E-state index in [1.165, 1.54) is 11.1 Å². The van der Waals surface area contributed by atoms with Crippen molar-refractivity contribution < 1.29 is 23.9 Å². The molecule has 1 fully saturated rings. The zero-order chi connectivity index (χ0) is 22.7. The highest BCUT2D eigenvalue weighted by Gasteiger charge is 2.36. The van der Waals surface area contributed by atoms with Gasteiger partial charge < -0.3 is 20.6 Å². The molecule has 0 saturated carbocycles. The van der Waals surface area contributed by atoms with Gasteiger partial charge in [0.1, 0.15) is 6.17 Å². The van der Waals surface area contributed by atoms with Crippen molar-refractivity contribution >= 4 is 34.6 Å². The van der Waals surface area contributed by atoms with E-state index in [2.05, 4.69) is 10.6 Å². The van der Waals surface area contributed by atoms with Crippen molar-refractivity contribution in [3.05, 3.63) is 66.4 Å². The van der Waals surface area contributed by atoms with Gasteiger partial charge in [-0.05, 0) is 11.6 Å². The second kappa shape index (κ2) is 9.09. The Morgan fingerprint density at radius 3 is 2.53 bits per heavy atom. The number of carbonyl (C=O) groups excluding carboxylic acids is 2. The third-order valence-corrected chi connectivity index (χ3v) is 5.53. The van der Waals surface area contributed by atoms with Gasteiger partial charge in [-0.1, -0.05) is 48.5 Å². The van der Waals surface area contributed by atoms with Gasteiger partial charge in [0, 0.05) is 24.5 Å². The zero-order valence-electron chi connectivity index (χ0n) is 17.2. The van der Waals surface area contributed by atoms with Gasteiger partial charge in [0.05, 0.1) is 30.2 Å². The van der Waals surface area contributed by atoms with Crippen molar-refractivity contribution in [1.82, 2.24) is 14.8 Å². The normalized spacial score (nSPS) is 18.0. The minimum Gasteiger partial charge on any atom is -0.464 e. The summed E-state index contributed by atoms with van der Waals surface area (Å²) in [7, 11) is 0. The van der Waals surface area contributed by atoms with Crippen LogP contribution in [0.3, 0.4) is 0 Å². The molecular weight excluding hydrogens is 415 g/mol. The number of benzene rings is 2. The lowest BCUT2D eigenvalue weighted by Crippen LogP contribution is -2.45. The number of aromatic nitrogens is 1. The number of likely N-dealkylation sites (tertiary alicyclic amines) is 1. The van der Waals surface area contributed by atoms with Crippen LogP contribution in [0.1, 0.15) is 12.0 Å². The molecule has 2 aromatic carbocycles. The molecule has 1 aliphatic rings. The Morgan fingerprint density at radius 1 is 1.06 bits per heavy atom. The summed E-state index contributed by atoms with van der Waals surface area (Å²) >= 11 is 0. The summed E-state index contributed by atoms with van der Waals surface area (Å²) in [5, 5.41) is 15.4. The summed E-state index contributed by atoms with van der Waals surface area (Å²) in [4.78, 5) is 38.0. The molecule has 0 aliphatic carbocycles. The Kier molecular flexibility index (Phi) is 6.07. The molecule has 166 valence electrons. The van der Waals surface area contributed by atoms with Crippen LogP contribution in [0.2, 0.25) is 0 Å². The number of carbonyl (C=O) groups is 3. The lowest BCUT2D eigenvalue weighted by Gasteiger charge is -2.24. The monoisotopic (exact) mass is 438 g/mol. The minimum atomic E-state index is -1.20. The average Bonchev–Trinajstić information content (AvgIpc) is 3.34. The SMILES string of the molecule is O=C(Cc1ccccc1)NC[C@@H]1C[C@@H](F)CN1C(=O)Nc1cn(C(=O)O)c2ccccc12. The number of halogens is 1. The molecule has 8 nitrogen and oxygen atoms in total. The van der Waals surface area contributed by atoms with Crippen LogP contribution >= 0.6 is 0 Å². The Bertz CT molecular complexity index is 1150. The van der Waals surface area contributed by atoms with E-state index < -0.39 is 24.3 Å². The molecule has 3 aromatic rings. The third-order valence-electron chi connectivity index (χ3n) is 5.53. The van der Waals surface area contributed by atoms with Crippen LogP contribution in [0.4, 0.5) is 19.7 Å². The van der Waals surface area contributed by atoms with Crippen molar-refractivity contribution in [2.75, 3.05) is 18.4 Å². The Hall–Kier alpha value is -3.88. The van der Waals surface area contributed by atoms with E-state index >= 15 is 0 Å². The van der Waals surface area contributed by atoms with Gasteiger partial charge in [-0.2, -0.15) is 0 Å². The molecule has 0 spiro atoms. The molecule has 2 heterocycles. The largest absolute Gasteiger partial charge is 0.464 e. The first-order chi connectivity index (χ1) is 15.4. The summed E-state index contributed by atoms with van der Waals surface area (Å²) in [6, 6.07) is 15.0. The number of carboxylic acid groups (broad SMARTS) is 1. The molecule has 3 N–H and O–H groups in total. The molecule has 9 heteroatoms. The highest BCUT2D eigenvalue weighted by Crippen LogP contribution is 2.27. The number of alkyl halides is 1. The van der Waals surface area contributed by atoms with E-state index in [4.69, 9.17) is 0 Å².